The van der Waals surface area contributed by atoms with E-state index >= 15 is 0 Å². The van der Waals surface area contributed by atoms with Gasteiger partial charge in [-0.05, 0) is 24.3 Å². The van der Waals surface area contributed by atoms with Gasteiger partial charge in [0.1, 0.15) is 17.1 Å². The fourth-order valence-electron chi connectivity index (χ4n) is 3.82. The molecule has 194 valence electrons. The van der Waals surface area contributed by atoms with Crippen molar-refractivity contribution in [1.82, 2.24) is 19.9 Å². The SMILES string of the molecule is COC(=O)N1CCN(c2ccc(C(=O)N(C)c3cnc(-c4ccnc(C(F)(F)F)c4)c(F)c3)nc2)CC1. The summed E-state index contributed by atoms with van der Waals surface area (Å²) in [4.78, 5) is 40.7. The number of hydrogen-bond donors (Lipinski definition) is 0. The van der Waals surface area contributed by atoms with Crippen molar-refractivity contribution >= 4 is 23.4 Å². The van der Waals surface area contributed by atoms with E-state index < -0.39 is 23.6 Å². The molecule has 0 bridgehead atoms. The summed E-state index contributed by atoms with van der Waals surface area (Å²) in [6.45, 7) is 2.12. The molecule has 1 aliphatic heterocycles. The number of nitrogens with zero attached hydrogens (tertiary/aromatic N) is 6. The van der Waals surface area contributed by atoms with Crippen LogP contribution in [0, 0.1) is 5.82 Å². The quantitative estimate of drug-likeness (QED) is 0.485. The number of methoxy groups -OCH3 is 1. The van der Waals surface area contributed by atoms with Gasteiger partial charge in [-0.2, -0.15) is 13.2 Å². The molecule has 37 heavy (non-hydrogen) atoms. The molecular weight excluding hydrogens is 496 g/mol. The lowest BCUT2D eigenvalue weighted by Crippen LogP contribution is -2.48. The van der Waals surface area contributed by atoms with Gasteiger partial charge in [-0.15, -0.1) is 0 Å². The van der Waals surface area contributed by atoms with E-state index in [1.807, 2.05) is 4.90 Å². The van der Waals surface area contributed by atoms with Gasteiger partial charge in [0.15, 0.2) is 5.82 Å². The molecule has 9 nitrogen and oxygen atoms in total. The van der Waals surface area contributed by atoms with Crippen LogP contribution < -0.4 is 9.80 Å². The van der Waals surface area contributed by atoms with Crippen molar-refractivity contribution in [1.29, 1.82) is 0 Å². The summed E-state index contributed by atoms with van der Waals surface area (Å²) >= 11 is 0. The summed E-state index contributed by atoms with van der Waals surface area (Å²) in [6.07, 6.45) is -1.40. The number of anilines is 2. The van der Waals surface area contributed by atoms with Crippen LogP contribution in [0.1, 0.15) is 16.2 Å². The minimum Gasteiger partial charge on any atom is -0.453 e. The second kappa shape index (κ2) is 10.4. The highest BCUT2D eigenvalue weighted by Crippen LogP contribution is 2.31. The lowest BCUT2D eigenvalue weighted by Gasteiger charge is -2.35. The van der Waals surface area contributed by atoms with Gasteiger partial charge in [-0.3, -0.25) is 14.8 Å². The Labute approximate surface area is 209 Å². The van der Waals surface area contributed by atoms with E-state index in [2.05, 4.69) is 15.0 Å². The highest BCUT2D eigenvalue weighted by molar-refractivity contribution is 6.04. The van der Waals surface area contributed by atoms with E-state index in [0.717, 1.165) is 22.9 Å². The smallest absolute Gasteiger partial charge is 0.433 e. The summed E-state index contributed by atoms with van der Waals surface area (Å²) in [5.74, 6) is -1.43. The Hall–Kier alpha value is -4.29. The number of carbonyl (C=O) groups excluding carboxylic acids is 2. The second-order valence-corrected chi connectivity index (χ2v) is 8.16. The first-order valence-corrected chi connectivity index (χ1v) is 11.1. The van der Waals surface area contributed by atoms with Crippen molar-refractivity contribution in [2.24, 2.45) is 0 Å². The van der Waals surface area contributed by atoms with Crippen LogP contribution in [0.15, 0.2) is 48.9 Å². The van der Waals surface area contributed by atoms with Gasteiger partial charge in [0.05, 0.1) is 30.9 Å². The number of ether oxygens (including phenoxy) is 1. The maximum absolute atomic E-state index is 14.8. The van der Waals surface area contributed by atoms with Crippen LogP contribution in [0.2, 0.25) is 0 Å². The largest absolute Gasteiger partial charge is 0.453 e. The van der Waals surface area contributed by atoms with E-state index in [4.69, 9.17) is 4.74 Å². The van der Waals surface area contributed by atoms with Gasteiger partial charge in [-0.25, -0.2) is 14.2 Å². The molecule has 3 aromatic heterocycles. The monoisotopic (exact) mass is 518 g/mol. The zero-order valence-electron chi connectivity index (χ0n) is 19.9. The van der Waals surface area contributed by atoms with Crippen LogP contribution >= 0.6 is 0 Å². The molecule has 1 fully saturated rings. The van der Waals surface area contributed by atoms with Crippen molar-refractivity contribution in [2.75, 3.05) is 50.1 Å². The third-order valence-corrected chi connectivity index (χ3v) is 5.89. The molecule has 4 heterocycles. The average Bonchev–Trinajstić information content (AvgIpc) is 2.91. The normalized spacial score (nSPS) is 13.9. The first kappa shape index (κ1) is 25.8. The number of piperazine rings is 1. The Balaban J connectivity index is 1.45. The number of hydrogen-bond acceptors (Lipinski definition) is 7. The first-order chi connectivity index (χ1) is 17.6. The van der Waals surface area contributed by atoms with Gasteiger partial charge < -0.3 is 19.4 Å². The third-order valence-electron chi connectivity index (χ3n) is 5.89. The fraction of sp³-hybridized carbons (Fsp3) is 0.292. The molecule has 0 unspecified atom stereocenters. The van der Waals surface area contributed by atoms with E-state index in [0.29, 0.717) is 32.2 Å². The van der Waals surface area contributed by atoms with Crippen LogP contribution in [-0.2, 0) is 10.9 Å². The Bertz CT molecular complexity index is 1290. The van der Waals surface area contributed by atoms with Crippen LogP contribution in [-0.4, -0.2) is 72.2 Å². The number of alkyl halides is 3. The molecule has 2 amide bonds. The molecule has 3 aromatic rings. The van der Waals surface area contributed by atoms with Gasteiger partial charge in [0.2, 0.25) is 0 Å². The van der Waals surface area contributed by atoms with Gasteiger partial charge in [0.25, 0.3) is 5.91 Å². The van der Waals surface area contributed by atoms with Gasteiger partial charge >= 0.3 is 12.3 Å². The van der Waals surface area contributed by atoms with Crippen molar-refractivity contribution < 1.29 is 31.9 Å². The molecule has 4 rings (SSSR count). The molecule has 0 radical (unpaired) electrons. The minimum absolute atomic E-state index is 0.0926. The molecule has 1 aliphatic rings. The minimum atomic E-state index is -4.68. The molecular formula is C24H22F4N6O3. The number of halogens is 4. The van der Waals surface area contributed by atoms with Crippen molar-refractivity contribution in [3.63, 3.8) is 0 Å². The van der Waals surface area contributed by atoms with Crippen molar-refractivity contribution in [3.05, 3.63) is 66.1 Å². The zero-order valence-corrected chi connectivity index (χ0v) is 19.9. The van der Waals surface area contributed by atoms with Crippen LogP contribution in [0.5, 0.6) is 0 Å². The van der Waals surface area contributed by atoms with Gasteiger partial charge in [-0.1, -0.05) is 0 Å². The lowest BCUT2D eigenvalue weighted by molar-refractivity contribution is -0.141. The maximum Gasteiger partial charge on any atom is 0.433 e. The molecule has 0 N–H and O–H groups in total. The van der Waals surface area contributed by atoms with Gasteiger partial charge in [0, 0.05) is 51.1 Å². The number of amides is 2. The second-order valence-electron chi connectivity index (χ2n) is 8.16. The first-order valence-electron chi connectivity index (χ1n) is 11.1. The Morgan fingerprint density at radius 2 is 1.73 bits per heavy atom. The van der Waals surface area contributed by atoms with E-state index in [9.17, 15) is 27.2 Å². The molecule has 0 saturated carbocycles. The highest BCUT2D eigenvalue weighted by Gasteiger charge is 2.33. The molecule has 0 aromatic carbocycles. The fourth-order valence-corrected chi connectivity index (χ4v) is 3.82. The number of carbonyl (C=O) groups is 2. The summed E-state index contributed by atoms with van der Waals surface area (Å²) in [5.41, 5.74) is -0.579. The third kappa shape index (κ3) is 5.60. The van der Waals surface area contributed by atoms with E-state index in [-0.39, 0.29) is 28.7 Å². The Morgan fingerprint density at radius 1 is 1.00 bits per heavy atom. The summed E-state index contributed by atoms with van der Waals surface area (Å²) < 4.78 is 58.4. The standard InChI is InChI=1S/C24H22F4N6O3/c1-32(17-12-18(25)21(31-14-17)15-5-6-29-20(11-15)24(26,27)28)22(35)19-4-3-16(13-30-19)33-7-9-34(10-8-33)23(36)37-2/h3-6,11-14H,7-10H2,1-2H3. The molecule has 13 heteroatoms. The number of pyridine rings is 3. The summed E-state index contributed by atoms with van der Waals surface area (Å²) in [7, 11) is 2.74. The van der Waals surface area contributed by atoms with Crippen molar-refractivity contribution in [3.8, 4) is 11.3 Å². The average molecular weight is 518 g/mol. The Kier molecular flexibility index (Phi) is 7.23. The number of rotatable bonds is 4. The van der Waals surface area contributed by atoms with Crippen LogP contribution in [0.4, 0.5) is 33.7 Å². The number of aromatic nitrogens is 3. The van der Waals surface area contributed by atoms with Crippen molar-refractivity contribution in [2.45, 2.75) is 6.18 Å². The lowest BCUT2D eigenvalue weighted by atomic mass is 10.1. The van der Waals surface area contributed by atoms with Crippen LogP contribution in [0.25, 0.3) is 11.3 Å². The maximum atomic E-state index is 14.8. The summed E-state index contributed by atoms with van der Waals surface area (Å²) in [5, 5.41) is 0. The Morgan fingerprint density at radius 3 is 2.32 bits per heavy atom. The predicted octanol–water partition coefficient (Wildman–Crippen LogP) is 3.86. The highest BCUT2D eigenvalue weighted by atomic mass is 19.4. The molecule has 0 spiro atoms. The zero-order chi connectivity index (χ0) is 26.7. The van der Waals surface area contributed by atoms with E-state index in [1.165, 1.54) is 32.5 Å². The van der Waals surface area contributed by atoms with Crippen LogP contribution in [0.3, 0.4) is 0 Å². The molecule has 1 saturated heterocycles. The predicted molar refractivity (Wildman–Crippen MR) is 126 cm³/mol. The van der Waals surface area contributed by atoms with E-state index in [1.54, 1.807) is 17.2 Å². The summed E-state index contributed by atoms with van der Waals surface area (Å²) in [6, 6.07) is 6.21. The topological polar surface area (TPSA) is 91.8 Å². The molecule has 0 aliphatic carbocycles. The molecule has 0 atom stereocenters.